The van der Waals surface area contributed by atoms with Crippen molar-refractivity contribution >= 4 is 44.7 Å². The van der Waals surface area contributed by atoms with E-state index in [0.29, 0.717) is 40.9 Å². The summed E-state index contributed by atoms with van der Waals surface area (Å²) in [6.07, 6.45) is 5.62. The van der Waals surface area contributed by atoms with Crippen LogP contribution in [-0.4, -0.2) is 57.3 Å². The Hall–Kier alpha value is -4.03. The number of amides is 1. The van der Waals surface area contributed by atoms with Gasteiger partial charge in [-0.2, -0.15) is 0 Å². The summed E-state index contributed by atoms with van der Waals surface area (Å²) >= 11 is 1.32. The van der Waals surface area contributed by atoms with E-state index < -0.39 is 0 Å². The van der Waals surface area contributed by atoms with Crippen molar-refractivity contribution in [2.75, 3.05) is 31.1 Å². The fourth-order valence-electron chi connectivity index (χ4n) is 4.00. The SMILES string of the molecule is Cc1ccc(-n2cc3c(N4CCNCC4)ncnc3n2)cc1F.O=CNCc1cc2c(F)csc2cn1. The lowest BCUT2D eigenvalue weighted by molar-refractivity contribution is -0.109. The molecule has 0 bridgehead atoms. The summed E-state index contributed by atoms with van der Waals surface area (Å²) in [5.41, 5.74) is 2.57. The zero-order valence-electron chi connectivity index (χ0n) is 20.0. The summed E-state index contributed by atoms with van der Waals surface area (Å²) < 4.78 is 29.4. The lowest BCUT2D eigenvalue weighted by Gasteiger charge is -2.28. The number of hydrogen-bond donors (Lipinski definition) is 2. The minimum absolute atomic E-state index is 0.236. The number of aromatic nitrogens is 5. The molecule has 0 unspecified atom stereocenters. The Bertz CT molecular complexity index is 1550. The third-order valence-corrected chi connectivity index (χ3v) is 6.87. The minimum Gasteiger partial charge on any atom is -0.353 e. The Kier molecular flexibility index (Phi) is 7.28. The fraction of sp³-hybridized carbons (Fsp3) is 0.240. The number of piperazine rings is 1. The molecule has 0 spiro atoms. The van der Waals surface area contributed by atoms with Gasteiger partial charge in [-0.05, 0) is 30.7 Å². The Morgan fingerprint density at radius 1 is 1.11 bits per heavy atom. The first-order valence-electron chi connectivity index (χ1n) is 11.6. The van der Waals surface area contributed by atoms with Crippen molar-refractivity contribution in [3.8, 4) is 5.69 Å². The zero-order chi connectivity index (χ0) is 25.8. The Labute approximate surface area is 215 Å². The number of carbonyl (C=O) groups is 1. The molecule has 1 fully saturated rings. The maximum Gasteiger partial charge on any atom is 0.207 e. The summed E-state index contributed by atoms with van der Waals surface area (Å²) in [7, 11) is 0. The lowest BCUT2D eigenvalue weighted by atomic mass is 10.2. The van der Waals surface area contributed by atoms with Gasteiger partial charge in [0, 0.05) is 49.3 Å². The van der Waals surface area contributed by atoms with Crippen LogP contribution in [0.1, 0.15) is 11.3 Å². The third kappa shape index (κ3) is 5.39. The van der Waals surface area contributed by atoms with E-state index in [9.17, 15) is 13.6 Å². The van der Waals surface area contributed by atoms with Crippen molar-refractivity contribution in [1.82, 2.24) is 35.4 Å². The summed E-state index contributed by atoms with van der Waals surface area (Å²) in [5.74, 6) is 0.408. The number of carbonyl (C=O) groups excluding carboxylic acids is 1. The summed E-state index contributed by atoms with van der Waals surface area (Å²) in [6, 6.07) is 6.74. The van der Waals surface area contributed by atoms with Crippen molar-refractivity contribution in [3.05, 3.63) is 71.3 Å². The number of thiophene rings is 1. The van der Waals surface area contributed by atoms with Crippen LogP contribution < -0.4 is 15.5 Å². The van der Waals surface area contributed by atoms with Gasteiger partial charge in [-0.15, -0.1) is 16.4 Å². The van der Waals surface area contributed by atoms with E-state index in [2.05, 4.69) is 35.6 Å². The van der Waals surface area contributed by atoms with Crippen molar-refractivity contribution in [2.45, 2.75) is 13.5 Å². The topological polar surface area (TPSA) is 101 Å². The van der Waals surface area contributed by atoms with Crippen molar-refractivity contribution < 1.29 is 13.6 Å². The van der Waals surface area contributed by atoms with Crippen LogP contribution in [0.2, 0.25) is 0 Å². The highest BCUT2D eigenvalue weighted by atomic mass is 32.1. The van der Waals surface area contributed by atoms with E-state index in [0.717, 1.165) is 42.1 Å². The molecule has 1 aliphatic heterocycles. The van der Waals surface area contributed by atoms with Crippen LogP contribution in [0.25, 0.3) is 26.8 Å². The van der Waals surface area contributed by atoms with Gasteiger partial charge >= 0.3 is 0 Å². The second-order valence-corrected chi connectivity index (χ2v) is 9.34. The Morgan fingerprint density at radius 2 is 1.95 bits per heavy atom. The smallest absolute Gasteiger partial charge is 0.207 e. The maximum absolute atomic E-state index is 13.8. The van der Waals surface area contributed by atoms with E-state index in [-0.39, 0.29) is 11.6 Å². The van der Waals surface area contributed by atoms with Crippen LogP contribution in [0.4, 0.5) is 14.6 Å². The first kappa shape index (κ1) is 24.7. The third-order valence-electron chi connectivity index (χ3n) is 5.97. The Morgan fingerprint density at radius 3 is 2.73 bits per heavy atom. The zero-order valence-corrected chi connectivity index (χ0v) is 20.8. The molecule has 0 radical (unpaired) electrons. The molecule has 1 aromatic carbocycles. The van der Waals surface area contributed by atoms with Crippen molar-refractivity contribution in [2.24, 2.45) is 0 Å². The van der Waals surface area contributed by atoms with Gasteiger partial charge in [0.15, 0.2) is 5.65 Å². The largest absolute Gasteiger partial charge is 0.353 e. The molecule has 5 aromatic rings. The molecule has 9 nitrogen and oxygen atoms in total. The molecular formula is C25H24F2N8OS. The van der Waals surface area contributed by atoms with Gasteiger partial charge in [0.25, 0.3) is 0 Å². The molecule has 0 saturated carbocycles. The number of rotatable bonds is 5. The number of nitrogens with zero attached hydrogens (tertiary/aromatic N) is 6. The van der Waals surface area contributed by atoms with E-state index in [1.807, 2.05) is 12.3 Å². The number of halogens is 2. The van der Waals surface area contributed by atoms with E-state index >= 15 is 0 Å². The van der Waals surface area contributed by atoms with Gasteiger partial charge in [0.05, 0.1) is 28.0 Å². The number of hydrogen-bond acceptors (Lipinski definition) is 8. The summed E-state index contributed by atoms with van der Waals surface area (Å²) in [5, 5.41) is 13.2. The predicted octanol–water partition coefficient (Wildman–Crippen LogP) is 3.35. The average molecular weight is 523 g/mol. The molecule has 0 atom stereocenters. The van der Waals surface area contributed by atoms with Crippen LogP contribution in [-0.2, 0) is 11.3 Å². The fourth-order valence-corrected chi connectivity index (χ4v) is 4.75. The molecule has 5 heterocycles. The van der Waals surface area contributed by atoms with Gasteiger partial charge in [0.2, 0.25) is 6.41 Å². The number of fused-ring (bicyclic) bond motifs is 2. The van der Waals surface area contributed by atoms with Gasteiger partial charge in [-0.25, -0.2) is 23.4 Å². The first-order valence-corrected chi connectivity index (χ1v) is 12.5. The van der Waals surface area contributed by atoms with Gasteiger partial charge in [0.1, 0.15) is 23.8 Å². The summed E-state index contributed by atoms with van der Waals surface area (Å²) in [6.45, 7) is 5.74. The molecule has 0 aliphatic carbocycles. The average Bonchev–Trinajstić information content (AvgIpc) is 3.53. The van der Waals surface area contributed by atoms with E-state index in [1.165, 1.54) is 29.1 Å². The second kappa shape index (κ2) is 10.9. The second-order valence-electron chi connectivity index (χ2n) is 8.43. The minimum atomic E-state index is -0.240. The predicted molar refractivity (Wildman–Crippen MR) is 139 cm³/mol. The molecule has 1 saturated heterocycles. The van der Waals surface area contributed by atoms with E-state index in [1.54, 1.807) is 29.9 Å². The van der Waals surface area contributed by atoms with E-state index in [4.69, 9.17) is 0 Å². The normalized spacial score (nSPS) is 13.4. The molecular weight excluding hydrogens is 498 g/mol. The molecule has 1 amide bonds. The van der Waals surface area contributed by atoms with Gasteiger partial charge in [-0.1, -0.05) is 6.07 Å². The highest BCUT2D eigenvalue weighted by molar-refractivity contribution is 7.17. The molecule has 12 heteroatoms. The lowest BCUT2D eigenvalue weighted by Crippen LogP contribution is -2.43. The maximum atomic E-state index is 13.8. The molecule has 2 N–H and O–H groups in total. The highest BCUT2D eigenvalue weighted by Gasteiger charge is 2.17. The quantitative estimate of drug-likeness (QED) is 0.342. The molecule has 37 heavy (non-hydrogen) atoms. The van der Waals surface area contributed by atoms with Crippen molar-refractivity contribution in [1.29, 1.82) is 0 Å². The standard InChI is InChI=1S/C16H17FN6.C9H7FN2OS/c1-11-2-3-12(8-14(11)17)23-9-13-15(21-23)19-10-20-16(13)22-6-4-18-5-7-22;10-8-4-14-9-3-12-6(1-7(8)9)2-11-5-13/h2-3,8-10,18H,4-7H2,1H3;1,3-5H,2H2,(H,11,13). The van der Waals surface area contributed by atoms with Gasteiger partial charge < -0.3 is 15.5 Å². The molecule has 1 aliphatic rings. The number of nitrogens with one attached hydrogen (secondary N) is 2. The number of anilines is 1. The number of benzene rings is 1. The van der Waals surface area contributed by atoms with Crippen LogP contribution in [0, 0.1) is 18.6 Å². The van der Waals surface area contributed by atoms with Crippen LogP contribution >= 0.6 is 11.3 Å². The van der Waals surface area contributed by atoms with Crippen LogP contribution in [0.3, 0.4) is 0 Å². The summed E-state index contributed by atoms with van der Waals surface area (Å²) in [4.78, 5) is 25.0. The first-order chi connectivity index (χ1) is 18.0. The van der Waals surface area contributed by atoms with Gasteiger partial charge in [-0.3, -0.25) is 9.78 Å². The molecule has 6 rings (SSSR count). The van der Waals surface area contributed by atoms with Crippen LogP contribution in [0.5, 0.6) is 0 Å². The number of pyridine rings is 1. The molecule has 190 valence electrons. The monoisotopic (exact) mass is 522 g/mol. The number of aryl methyl sites for hydroxylation is 1. The Balaban J connectivity index is 0.000000171. The van der Waals surface area contributed by atoms with Crippen LogP contribution in [0.15, 0.2) is 48.4 Å². The van der Waals surface area contributed by atoms with Crippen molar-refractivity contribution in [3.63, 3.8) is 0 Å². The highest BCUT2D eigenvalue weighted by Crippen LogP contribution is 2.25. The molecule has 4 aromatic heterocycles.